The van der Waals surface area contributed by atoms with Crippen molar-refractivity contribution in [1.82, 2.24) is 9.88 Å². The average Bonchev–Trinajstić information content (AvgIpc) is 2.74. The highest BCUT2D eigenvalue weighted by Crippen LogP contribution is 2.29. The van der Waals surface area contributed by atoms with Crippen LogP contribution >= 0.6 is 0 Å². The Hall–Kier alpha value is -2.68. The summed E-state index contributed by atoms with van der Waals surface area (Å²) in [7, 11) is -0.973. The number of hydrogen-bond acceptors (Lipinski definition) is 6. The standard InChI is InChI=1S/C18H19FN2O5S/c1-11-9-26-17-14(18(22)21(11)2)6-12(8-20-17)10-27(23,24)16-7-13(19)4-5-15(16)25-3/h4-8,11H,9-10H2,1-3H3. The number of amides is 1. The molecule has 3 rings (SSSR count). The number of fused-ring (bicyclic) bond motifs is 1. The van der Waals surface area contributed by atoms with E-state index < -0.39 is 21.4 Å². The fourth-order valence-electron chi connectivity index (χ4n) is 2.73. The quantitative estimate of drug-likeness (QED) is 0.789. The highest BCUT2D eigenvalue weighted by atomic mass is 32.2. The van der Waals surface area contributed by atoms with Crippen LogP contribution in [-0.2, 0) is 15.6 Å². The lowest BCUT2D eigenvalue weighted by molar-refractivity contribution is 0.0732. The molecule has 144 valence electrons. The van der Waals surface area contributed by atoms with Crippen LogP contribution in [0.3, 0.4) is 0 Å². The van der Waals surface area contributed by atoms with E-state index in [1.54, 1.807) is 7.05 Å². The van der Waals surface area contributed by atoms with Gasteiger partial charge >= 0.3 is 0 Å². The van der Waals surface area contributed by atoms with Gasteiger partial charge in [-0.15, -0.1) is 0 Å². The number of rotatable bonds is 4. The molecule has 0 saturated carbocycles. The molecule has 1 aromatic carbocycles. The van der Waals surface area contributed by atoms with Crippen LogP contribution in [0.2, 0.25) is 0 Å². The first-order valence-electron chi connectivity index (χ1n) is 8.18. The lowest BCUT2D eigenvalue weighted by atomic mass is 10.2. The second-order valence-electron chi connectivity index (χ2n) is 6.33. The monoisotopic (exact) mass is 394 g/mol. The average molecular weight is 394 g/mol. The summed E-state index contributed by atoms with van der Waals surface area (Å²) in [6.07, 6.45) is 1.34. The molecule has 0 N–H and O–H groups in total. The molecule has 0 aliphatic carbocycles. The van der Waals surface area contributed by atoms with Crippen LogP contribution in [0.4, 0.5) is 4.39 Å². The molecule has 0 bridgehead atoms. The summed E-state index contributed by atoms with van der Waals surface area (Å²) in [5, 5.41) is 0. The zero-order valence-electron chi connectivity index (χ0n) is 15.1. The number of carbonyl (C=O) groups is 1. The molecule has 1 aromatic heterocycles. The number of pyridine rings is 1. The summed E-state index contributed by atoms with van der Waals surface area (Å²) < 4.78 is 49.7. The first kappa shape index (κ1) is 19.1. The van der Waals surface area contributed by atoms with E-state index in [1.807, 2.05) is 6.92 Å². The number of aromatic nitrogens is 1. The summed E-state index contributed by atoms with van der Waals surface area (Å²) in [4.78, 5) is 17.9. The van der Waals surface area contributed by atoms with Crippen molar-refractivity contribution in [3.63, 3.8) is 0 Å². The molecule has 1 amide bonds. The third kappa shape index (κ3) is 3.73. The van der Waals surface area contributed by atoms with Crippen molar-refractivity contribution in [3.05, 3.63) is 47.4 Å². The number of hydrogen-bond donors (Lipinski definition) is 0. The number of likely N-dealkylation sites (N-methyl/N-ethyl adjacent to an activating group) is 1. The third-order valence-corrected chi connectivity index (χ3v) is 6.10. The molecular weight excluding hydrogens is 375 g/mol. The Morgan fingerprint density at radius 3 is 2.81 bits per heavy atom. The van der Waals surface area contributed by atoms with Crippen molar-refractivity contribution in [1.29, 1.82) is 0 Å². The minimum atomic E-state index is -3.93. The number of carbonyl (C=O) groups excluding carboxylic acids is 1. The minimum absolute atomic E-state index is 0.0482. The topological polar surface area (TPSA) is 85.8 Å². The molecule has 1 aliphatic heterocycles. The van der Waals surface area contributed by atoms with E-state index in [-0.39, 0.29) is 34.0 Å². The Balaban J connectivity index is 1.98. The van der Waals surface area contributed by atoms with Crippen LogP contribution in [0, 0.1) is 5.82 Å². The van der Waals surface area contributed by atoms with Crippen molar-refractivity contribution >= 4 is 15.7 Å². The molecule has 1 unspecified atom stereocenters. The van der Waals surface area contributed by atoms with Crippen LogP contribution in [0.15, 0.2) is 35.4 Å². The molecule has 1 aliphatic rings. The van der Waals surface area contributed by atoms with Gasteiger partial charge < -0.3 is 14.4 Å². The maximum Gasteiger partial charge on any atom is 0.259 e. The second-order valence-corrected chi connectivity index (χ2v) is 8.28. The summed E-state index contributed by atoms with van der Waals surface area (Å²) in [6.45, 7) is 2.13. The molecule has 7 nitrogen and oxygen atoms in total. The third-order valence-electron chi connectivity index (χ3n) is 4.40. The van der Waals surface area contributed by atoms with Gasteiger partial charge in [0.2, 0.25) is 5.88 Å². The van der Waals surface area contributed by atoms with Gasteiger partial charge in [0.05, 0.1) is 18.9 Å². The molecular formula is C18H19FN2O5S. The molecule has 27 heavy (non-hydrogen) atoms. The lowest BCUT2D eigenvalue weighted by Gasteiger charge is -2.20. The Morgan fingerprint density at radius 1 is 1.37 bits per heavy atom. The Kier molecular flexibility index (Phi) is 5.05. The van der Waals surface area contributed by atoms with E-state index in [1.165, 1.54) is 30.3 Å². The number of benzene rings is 1. The zero-order valence-corrected chi connectivity index (χ0v) is 15.9. The fourth-order valence-corrected chi connectivity index (χ4v) is 4.24. The molecule has 0 radical (unpaired) electrons. The number of methoxy groups -OCH3 is 1. The van der Waals surface area contributed by atoms with E-state index in [0.717, 1.165) is 12.1 Å². The van der Waals surface area contributed by atoms with Crippen LogP contribution in [0.5, 0.6) is 11.6 Å². The molecule has 0 saturated heterocycles. The van der Waals surface area contributed by atoms with Crippen molar-refractivity contribution in [2.45, 2.75) is 23.6 Å². The van der Waals surface area contributed by atoms with E-state index in [9.17, 15) is 17.6 Å². The van der Waals surface area contributed by atoms with Crippen molar-refractivity contribution in [3.8, 4) is 11.6 Å². The predicted molar refractivity (Wildman–Crippen MR) is 95.1 cm³/mol. The number of ether oxygens (including phenoxy) is 2. The Bertz CT molecular complexity index is 993. The van der Waals surface area contributed by atoms with Gasteiger partial charge in [-0.2, -0.15) is 0 Å². The van der Waals surface area contributed by atoms with Crippen molar-refractivity contribution < 1.29 is 27.1 Å². The van der Waals surface area contributed by atoms with Crippen molar-refractivity contribution in [2.24, 2.45) is 0 Å². The van der Waals surface area contributed by atoms with Gasteiger partial charge in [0.1, 0.15) is 28.6 Å². The Labute approximate surface area is 156 Å². The highest BCUT2D eigenvalue weighted by Gasteiger charge is 2.28. The van der Waals surface area contributed by atoms with Gasteiger partial charge in [-0.05, 0) is 36.8 Å². The fraction of sp³-hybridized carbons (Fsp3) is 0.333. The van der Waals surface area contributed by atoms with E-state index in [0.29, 0.717) is 12.2 Å². The van der Waals surface area contributed by atoms with Gasteiger partial charge in [0.25, 0.3) is 5.91 Å². The summed E-state index contributed by atoms with van der Waals surface area (Å²) in [5.41, 5.74) is 0.487. The maximum absolute atomic E-state index is 13.6. The highest BCUT2D eigenvalue weighted by molar-refractivity contribution is 7.90. The van der Waals surface area contributed by atoms with Crippen LogP contribution in [0.1, 0.15) is 22.8 Å². The zero-order chi connectivity index (χ0) is 19.8. The second kappa shape index (κ2) is 7.15. The molecule has 9 heteroatoms. The molecule has 2 aromatic rings. The van der Waals surface area contributed by atoms with Gasteiger partial charge in [0, 0.05) is 13.2 Å². The normalized spacial score (nSPS) is 17.1. The van der Waals surface area contributed by atoms with Gasteiger partial charge in [-0.3, -0.25) is 4.79 Å². The van der Waals surface area contributed by atoms with Crippen LogP contribution in [0.25, 0.3) is 0 Å². The number of sulfone groups is 1. The lowest BCUT2D eigenvalue weighted by Crippen LogP contribution is -2.36. The maximum atomic E-state index is 13.6. The minimum Gasteiger partial charge on any atom is -0.495 e. The smallest absolute Gasteiger partial charge is 0.259 e. The van der Waals surface area contributed by atoms with Gasteiger partial charge in [-0.25, -0.2) is 17.8 Å². The van der Waals surface area contributed by atoms with Crippen LogP contribution < -0.4 is 9.47 Å². The van der Waals surface area contributed by atoms with Gasteiger partial charge in [-0.1, -0.05) is 0 Å². The number of nitrogens with zero attached hydrogens (tertiary/aromatic N) is 2. The largest absolute Gasteiger partial charge is 0.495 e. The van der Waals surface area contributed by atoms with Crippen LogP contribution in [-0.4, -0.2) is 51.0 Å². The SMILES string of the molecule is COc1ccc(F)cc1S(=O)(=O)Cc1cnc2c(c1)C(=O)N(C)C(C)CO2. The molecule has 0 fully saturated rings. The summed E-state index contributed by atoms with van der Waals surface area (Å²) >= 11 is 0. The first-order valence-corrected chi connectivity index (χ1v) is 9.83. The number of halogens is 1. The van der Waals surface area contributed by atoms with E-state index in [4.69, 9.17) is 9.47 Å². The van der Waals surface area contributed by atoms with Gasteiger partial charge in [0.15, 0.2) is 9.84 Å². The molecule has 1 atom stereocenters. The van der Waals surface area contributed by atoms with E-state index >= 15 is 0 Å². The summed E-state index contributed by atoms with van der Waals surface area (Å²) in [5.74, 6) is -1.23. The first-order chi connectivity index (χ1) is 12.7. The predicted octanol–water partition coefficient (Wildman–Crippen LogP) is 2.06. The van der Waals surface area contributed by atoms with Crippen molar-refractivity contribution in [2.75, 3.05) is 20.8 Å². The summed E-state index contributed by atoms with van der Waals surface area (Å²) in [6, 6.07) is 4.59. The van der Waals surface area contributed by atoms with E-state index in [2.05, 4.69) is 4.98 Å². The molecule has 0 spiro atoms. The molecule has 2 heterocycles. The Morgan fingerprint density at radius 2 is 2.11 bits per heavy atom.